The number of nitrogens with zero attached hydrogens (tertiary/aromatic N) is 2. The van der Waals surface area contributed by atoms with Gasteiger partial charge in [-0.25, -0.2) is 8.42 Å². The normalized spacial score (nSPS) is 12.2. The summed E-state index contributed by atoms with van der Waals surface area (Å²) in [5.41, 5.74) is 5.67. The summed E-state index contributed by atoms with van der Waals surface area (Å²) in [7, 11) is -3.36. The number of nitrogens with two attached hydrogens (primary N) is 1. The third-order valence-electron chi connectivity index (χ3n) is 2.94. The molecule has 0 fully saturated rings. The highest BCUT2D eigenvalue weighted by Gasteiger charge is 2.16. The Morgan fingerprint density at radius 2 is 2.10 bits per heavy atom. The highest BCUT2D eigenvalue weighted by molar-refractivity contribution is 7.90. The summed E-state index contributed by atoms with van der Waals surface area (Å²) in [5, 5.41) is 11.3. The molecule has 0 aromatic heterocycles. The number of carbonyl (C=O) groups excluding carboxylic acids is 1. The Morgan fingerprint density at radius 3 is 2.62 bits per heavy atom. The molecule has 1 aromatic rings. The van der Waals surface area contributed by atoms with Crippen LogP contribution in [0, 0.1) is 0 Å². The van der Waals surface area contributed by atoms with Gasteiger partial charge in [-0.1, -0.05) is 11.2 Å². The standard InChI is InChI=1S/C13H19N3O4S/c1-3-16(8-7-12(14)15-18)13(17)10-5-4-6-11(9-10)21(2,19)20/h4-6,9,18H,3,7-8H2,1-2H3,(H2,14,15). The van der Waals surface area contributed by atoms with E-state index in [0.29, 0.717) is 12.1 Å². The van der Waals surface area contributed by atoms with Crippen LogP contribution in [0.15, 0.2) is 34.3 Å². The molecule has 0 unspecified atom stereocenters. The molecular formula is C13H19N3O4S. The van der Waals surface area contributed by atoms with Crippen molar-refractivity contribution in [2.75, 3.05) is 19.3 Å². The molecule has 116 valence electrons. The van der Waals surface area contributed by atoms with Crippen LogP contribution in [-0.2, 0) is 9.84 Å². The van der Waals surface area contributed by atoms with Crippen LogP contribution >= 0.6 is 0 Å². The van der Waals surface area contributed by atoms with Crippen molar-refractivity contribution in [3.63, 3.8) is 0 Å². The van der Waals surface area contributed by atoms with E-state index in [9.17, 15) is 13.2 Å². The van der Waals surface area contributed by atoms with Crippen LogP contribution in [0.25, 0.3) is 0 Å². The lowest BCUT2D eigenvalue weighted by atomic mass is 10.2. The van der Waals surface area contributed by atoms with Crippen molar-refractivity contribution in [3.8, 4) is 0 Å². The summed E-state index contributed by atoms with van der Waals surface area (Å²) in [6, 6.07) is 5.88. The number of rotatable bonds is 6. The van der Waals surface area contributed by atoms with Crippen molar-refractivity contribution in [2.45, 2.75) is 18.2 Å². The third-order valence-corrected chi connectivity index (χ3v) is 4.05. The topological polar surface area (TPSA) is 113 Å². The number of carbonyl (C=O) groups is 1. The number of amidine groups is 1. The van der Waals surface area contributed by atoms with Crippen molar-refractivity contribution in [1.82, 2.24) is 4.90 Å². The van der Waals surface area contributed by atoms with Crippen LogP contribution in [0.2, 0.25) is 0 Å². The molecule has 8 heteroatoms. The number of amides is 1. The zero-order valence-corrected chi connectivity index (χ0v) is 12.8. The molecular weight excluding hydrogens is 294 g/mol. The molecule has 0 aliphatic heterocycles. The van der Waals surface area contributed by atoms with Crippen LogP contribution < -0.4 is 5.73 Å². The van der Waals surface area contributed by atoms with E-state index in [2.05, 4.69) is 5.16 Å². The summed E-state index contributed by atoms with van der Waals surface area (Å²) in [6.07, 6.45) is 1.33. The fraction of sp³-hybridized carbons (Fsp3) is 0.385. The summed E-state index contributed by atoms with van der Waals surface area (Å²) in [5.74, 6) is -0.264. The first-order valence-corrected chi connectivity index (χ1v) is 8.24. The molecule has 0 aliphatic rings. The molecule has 1 amide bonds. The van der Waals surface area contributed by atoms with Gasteiger partial charge >= 0.3 is 0 Å². The Hall–Kier alpha value is -2.09. The highest BCUT2D eigenvalue weighted by Crippen LogP contribution is 2.13. The largest absolute Gasteiger partial charge is 0.409 e. The van der Waals surface area contributed by atoms with Gasteiger partial charge in [-0.3, -0.25) is 4.79 Å². The van der Waals surface area contributed by atoms with E-state index in [1.54, 1.807) is 13.0 Å². The summed E-state index contributed by atoms with van der Waals surface area (Å²) < 4.78 is 23.0. The van der Waals surface area contributed by atoms with Crippen LogP contribution in [0.3, 0.4) is 0 Å². The molecule has 0 heterocycles. The molecule has 1 rings (SSSR count). The number of hydrogen-bond acceptors (Lipinski definition) is 5. The first kappa shape index (κ1) is 17.0. The molecule has 0 spiro atoms. The monoisotopic (exact) mass is 313 g/mol. The van der Waals surface area contributed by atoms with Crippen molar-refractivity contribution in [2.24, 2.45) is 10.9 Å². The summed E-state index contributed by atoms with van der Waals surface area (Å²) >= 11 is 0. The fourth-order valence-corrected chi connectivity index (χ4v) is 2.41. The first-order chi connectivity index (χ1) is 9.79. The van der Waals surface area contributed by atoms with Gasteiger partial charge in [0.05, 0.1) is 4.90 Å². The summed E-state index contributed by atoms with van der Waals surface area (Å²) in [6.45, 7) is 2.51. The van der Waals surface area contributed by atoms with E-state index in [-0.39, 0.29) is 29.6 Å². The molecule has 0 saturated heterocycles. The quantitative estimate of drug-likeness (QED) is 0.347. The SMILES string of the molecule is CCN(CCC(N)=NO)C(=O)c1cccc(S(C)(=O)=O)c1. The van der Waals surface area contributed by atoms with Crippen molar-refractivity contribution in [3.05, 3.63) is 29.8 Å². The Labute approximate surface area is 124 Å². The Bertz CT molecular complexity index is 641. The number of sulfone groups is 1. The van der Waals surface area contributed by atoms with Crippen LogP contribution in [0.5, 0.6) is 0 Å². The van der Waals surface area contributed by atoms with Gasteiger partial charge < -0.3 is 15.8 Å². The van der Waals surface area contributed by atoms with Gasteiger partial charge in [0.15, 0.2) is 9.84 Å². The van der Waals surface area contributed by atoms with Gasteiger partial charge in [0, 0.05) is 31.3 Å². The van der Waals surface area contributed by atoms with Crippen molar-refractivity contribution in [1.29, 1.82) is 0 Å². The van der Waals surface area contributed by atoms with E-state index in [1.165, 1.54) is 23.1 Å². The second-order valence-corrected chi connectivity index (χ2v) is 6.54. The minimum absolute atomic E-state index is 0.0335. The highest BCUT2D eigenvalue weighted by atomic mass is 32.2. The van der Waals surface area contributed by atoms with E-state index < -0.39 is 9.84 Å². The number of hydrogen-bond donors (Lipinski definition) is 2. The van der Waals surface area contributed by atoms with Crippen LogP contribution in [0.1, 0.15) is 23.7 Å². The zero-order chi connectivity index (χ0) is 16.0. The lowest BCUT2D eigenvalue weighted by Crippen LogP contribution is -2.34. The molecule has 0 radical (unpaired) electrons. The first-order valence-electron chi connectivity index (χ1n) is 6.35. The number of benzene rings is 1. The van der Waals surface area contributed by atoms with Gasteiger partial charge in [-0.2, -0.15) is 0 Å². The minimum atomic E-state index is -3.36. The van der Waals surface area contributed by atoms with Crippen molar-refractivity contribution >= 4 is 21.6 Å². The predicted octanol–water partition coefficient (Wildman–Crippen LogP) is 0.689. The molecule has 0 saturated carbocycles. The predicted molar refractivity (Wildman–Crippen MR) is 79.2 cm³/mol. The molecule has 3 N–H and O–H groups in total. The van der Waals surface area contributed by atoms with Gasteiger partial charge in [0.25, 0.3) is 5.91 Å². The fourth-order valence-electron chi connectivity index (χ4n) is 1.75. The molecule has 7 nitrogen and oxygen atoms in total. The molecule has 21 heavy (non-hydrogen) atoms. The van der Waals surface area contributed by atoms with Gasteiger partial charge in [0.2, 0.25) is 0 Å². The Morgan fingerprint density at radius 1 is 1.43 bits per heavy atom. The minimum Gasteiger partial charge on any atom is -0.409 e. The second kappa shape index (κ2) is 7.07. The lowest BCUT2D eigenvalue weighted by Gasteiger charge is -2.20. The maximum absolute atomic E-state index is 12.3. The number of oxime groups is 1. The smallest absolute Gasteiger partial charge is 0.253 e. The van der Waals surface area contributed by atoms with E-state index in [1.807, 2.05) is 0 Å². The molecule has 0 atom stereocenters. The van der Waals surface area contributed by atoms with E-state index in [0.717, 1.165) is 6.26 Å². The molecule has 1 aromatic carbocycles. The second-order valence-electron chi connectivity index (χ2n) is 4.53. The third kappa shape index (κ3) is 4.75. The van der Waals surface area contributed by atoms with Crippen molar-refractivity contribution < 1.29 is 18.4 Å². The molecule has 0 bridgehead atoms. The van der Waals surface area contributed by atoms with Gasteiger partial charge in [-0.15, -0.1) is 0 Å². The Kier molecular flexibility index (Phi) is 5.71. The summed E-state index contributed by atoms with van der Waals surface area (Å²) in [4.78, 5) is 13.9. The van der Waals surface area contributed by atoms with E-state index >= 15 is 0 Å². The maximum atomic E-state index is 12.3. The van der Waals surface area contributed by atoms with Crippen LogP contribution in [-0.4, -0.2) is 49.6 Å². The lowest BCUT2D eigenvalue weighted by molar-refractivity contribution is 0.0768. The average Bonchev–Trinajstić information content (AvgIpc) is 2.46. The maximum Gasteiger partial charge on any atom is 0.253 e. The molecule has 0 aliphatic carbocycles. The van der Waals surface area contributed by atoms with Crippen LogP contribution in [0.4, 0.5) is 0 Å². The van der Waals surface area contributed by atoms with E-state index in [4.69, 9.17) is 10.9 Å². The van der Waals surface area contributed by atoms with Gasteiger partial charge in [0.1, 0.15) is 5.84 Å². The van der Waals surface area contributed by atoms with Gasteiger partial charge in [-0.05, 0) is 25.1 Å². The average molecular weight is 313 g/mol. The Balaban J connectivity index is 2.95. The zero-order valence-electron chi connectivity index (χ0n) is 12.0.